The van der Waals surface area contributed by atoms with E-state index >= 15 is 0 Å². The molecule has 1 fully saturated rings. The molecule has 0 amide bonds. The average Bonchev–Trinajstić information content (AvgIpc) is 3.06. The lowest BCUT2D eigenvalue weighted by molar-refractivity contribution is 0.257. The minimum absolute atomic E-state index is 0. The van der Waals surface area contributed by atoms with Crippen molar-refractivity contribution in [1.29, 1.82) is 0 Å². The van der Waals surface area contributed by atoms with Crippen molar-refractivity contribution in [3.63, 3.8) is 0 Å². The molecule has 128 valence electrons. The van der Waals surface area contributed by atoms with Gasteiger partial charge in [0.1, 0.15) is 11.6 Å². The standard InChI is InChI=1S/C13H20N6O2S.ClH/c1-10-16-12(9-18(10)3)22(20,21)19-7-4-14-8-11(19)13-15-5-6-17(13)2;/h5-6,9,11,14H,4,7-8H2,1-3H3;1H. The van der Waals surface area contributed by atoms with Gasteiger partial charge in [-0.15, -0.1) is 12.4 Å². The van der Waals surface area contributed by atoms with E-state index in [0.29, 0.717) is 25.5 Å². The number of aromatic nitrogens is 4. The van der Waals surface area contributed by atoms with Crippen LogP contribution in [0.4, 0.5) is 0 Å². The Labute approximate surface area is 142 Å². The van der Waals surface area contributed by atoms with Gasteiger partial charge in [0, 0.05) is 52.3 Å². The molecule has 1 aliphatic rings. The van der Waals surface area contributed by atoms with Gasteiger partial charge in [-0.05, 0) is 6.92 Å². The largest absolute Gasteiger partial charge is 0.337 e. The quantitative estimate of drug-likeness (QED) is 0.846. The lowest BCUT2D eigenvalue weighted by atomic mass is 10.2. The molecule has 1 unspecified atom stereocenters. The first-order valence-corrected chi connectivity index (χ1v) is 8.55. The number of aryl methyl sites for hydroxylation is 3. The Morgan fingerprint density at radius 3 is 2.61 bits per heavy atom. The van der Waals surface area contributed by atoms with Gasteiger partial charge in [-0.3, -0.25) is 0 Å². The number of halogens is 1. The predicted octanol–water partition coefficient (Wildman–Crippen LogP) is 0.219. The second kappa shape index (κ2) is 6.60. The van der Waals surface area contributed by atoms with E-state index in [1.165, 1.54) is 4.31 Å². The van der Waals surface area contributed by atoms with Crippen LogP contribution in [0.3, 0.4) is 0 Å². The lowest BCUT2D eigenvalue weighted by Crippen LogP contribution is -2.49. The molecule has 1 aliphatic heterocycles. The first-order chi connectivity index (χ1) is 10.4. The predicted molar refractivity (Wildman–Crippen MR) is 87.9 cm³/mol. The molecule has 0 spiro atoms. The fourth-order valence-electron chi connectivity index (χ4n) is 2.66. The second-order valence-corrected chi connectivity index (χ2v) is 7.31. The maximum atomic E-state index is 13.0. The van der Waals surface area contributed by atoms with Crippen molar-refractivity contribution in [3.8, 4) is 0 Å². The van der Waals surface area contributed by atoms with E-state index in [1.807, 2.05) is 17.8 Å². The molecule has 1 atom stereocenters. The molecule has 0 saturated carbocycles. The SMILES string of the molecule is Cc1nc(S(=O)(=O)N2CCNCC2c2nccn2C)cn1C.Cl. The van der Waals surface area contributed by atoms with E-state index in [2.05, 4.69) is 15.3 Å². The average molecular weight is 361 g/mol. The highest BCUT2D eigenvalue weighted by molar-refractivity contribution is 7.89. The minimum Gasteiger partial charge on any atom is -0.337 e. The molecule has 2 aromatic rings. The number of piperazine rings is 1. The van der Waals surface area contributed by atoms with Crippen LogP contribution >= 0.6 is 12.4 Å². The summed E-state index contributed by atoms with van der Waals surface area (Å²) in [6, 6.07) is -0.332. The Bertz CT molecular complexity index is 765. The summed E-state index contributed by atoms with van der Waals surface area (Å²) in [5.41, 5.74) is 0. The number of nitrogens with one attached hydrogen (secondary N) is 1. The second-order valence-electron chi connectivity index (χ2n) is 5.47. The molecule has 2 aromatic heterocycles. The molecule has 3 heterocycles. The van der Waals surface area contributed by atoms with Gasteiger partial charge in [0.2, 0.25) is 0 Å². The van der Waals surface area contributed by atoms with Crippen LogP contribution < -0.4 is 5.32 Å². The van der Waals surface area contributed by atoms with Gasteiger partial charge in [0.05, 0.1) is 6.04 Å². The molecule has 3 rings (SSSR count). The van der Waals surface area contributed by atoms with Gasteiger partial charge >= 0.3 is 0 Å². The van der Waals surface area contributed by atoms with Crippen LogP contribution in [0.2, 0.25) is 0 Å². The summed E-state index contributed by atoms with van der Waals surface area (Å²) in [4.78, 5) is 8.49. The van der Waals surface area contributed by atoms with Crippen molar-refractivity contribution in [2.24, 2.45) is 14.1 Å². The molecule has 0 aliphatic carbocycles. The highest BCUT2D eigenvalue weighted by atomic mass is 35.5. The summed E-state index contributed by atoms with van der Waals surface area (Å²) in [5.74, 6) is 1.39. The Balaban J connectivity index is 0.00000192. The summed E-state index contributed by atoms with van der Waals surface area (Å²) in [7, 11) is 0.00715. The highest BCUT2D eigenvalue weighted by Crippen LogP contribution is 2.27. The zero-order chi connectivity index (χ0) is 15.9. The third kappa shape index (κ3) is 3.14. The van der Waals surface area contributed by atoms with E-state index in [1.54, 1.807) is 30.9 Å². The van der Waals surface area contributed by atoms with Crippen molar-refractivity contribution in [2.75, 3.05) is 19.6 Å². The number of hydrogen-bond donors (Lipinski definition) is 1. The van der Waals surface area contributed by atoms with Gasteiger partial charge in [0.25, 0.3) is 10.0 Å². The fraction of sp³-hybridized carbons (Fsp3) is 0.538. The smallest absolute Gasteiger partial charge is 0.262 e. The maximum Gasteiger partial charge on any atom is 0.262 e. The number of nitrogens with zero attached hydrogens (tertiary/aromatic N) is 5. The van der Waals surface area contributed by atoms with Gasteiger partial charge in [-0.1, -0.05) is 0 Å². The summed E-state index contributed by atoms with van der Waals surface area (Å²) in [6.45, 7) is 3.34. The zero-order valence-corrected chi connectivity index (χ0v) is 14.9. The molecule has 0 bridgehead atoms. The van der Waals surface area contributed by atoms with E-state index in [9.17, 15) is 8.42 Å². The van der Waals surface area contributed by atoms with Crippen molar-refractivity contribution in [2.45, 2.75) is 18.0 Å². The normalized spacial score (nSPS) is 19.5. The molecular formula is C13H21ClN6O2S. The zero-order valence-electron chi connectivity index (χ0n) is 13.3. The first-order valence-electron chi connectivity index (χ1n) is 7.11. The maximum absolute atomic E-state index is 13.0. The van der Waals surface area contributed by atoms with Crippen molar-refractivity contribution in [1.82, 2.24) is 28.7 Å². The number of imidazole rings is 2. The monoisotopic (exact) mass is 360 g/mol. The lowest BCUT2D eigenvalue weighted by Gasteiger charge is -2.34. The van der Waals surface area contributed by atoms with Gasteiger partial charge in [0.15, 0.2) is 5.03 Å². The van der Waals surface area contributed by atoms with Gasteiger partial charge in [-0.25, -0.2) is 18.4 Å². The van der Waals surface area contributed by atoms with Crippen molar-refractivity contribution >= 4 is 22.4 Å². The van der Waals surface area contributed by atoms with E-state index < -0.39 is 10.0 Å². The van der Waals surface area contributed by atoms with Crippen LogP contribution in [0.15, 0.2) is 23.6 Å². The minimum atomic E-state index is -3.65. The van der Waals surface area contributed by atoms with E-state index in [-0.39, 0.29) is 23.5 Å². The van der Waals surface area contributed by atoms with Gasteiger partial charge in [-0.2, -0.15) is 4.31 Å². The van der Waals surface area contributed by atoms with Gasteiger partial charge < -0.3 is 14.5 Å². The Morgan fingerprint density at radius 1 is 1.30 bits per heavy atom. The summed E-state index contributed by atoms with van der Waals surface area (Å²) in [6.07, 6.45) is 5.06. The van der Waals surface area contributed by atoms with E-state index in [4.69, 9.17) is 0 Å². The van der Waals surface area contributed by atoms with Crippen LogP contribution in [0.25, 0.3) is 0 Å². The number of rotatable bonds is 3. The third-order valence-electron chi connectivity index (χ3n) is 4.01. The molecule has 1 N–H and O–H groups in total. The summed E-state index contributed by atoms with van der Waals surface area (Å²) in [5, 5.41) is 3.33. The summed E-state index contributed by atoms with van der Waals surface area (Å²) < 4.78 is 31.0. The van der Waals surface area contributed by atoms with Crippen LogP contribution in [-0.2, 0) is 24.1 Å². The van der Waals surface area contributed by atoms with Crippen molar-refractivity contribution < 1.29 is 8.42 Å². The van der Waals surface area contributed by atoms with Crippen LogP contribution in [0, 0.1) is 6.92 Å². The molecule has 0 radical (unpaired) electrons. The highest BCUT2D eigenvalue weighted by Gasteiger charge is 2.37. The van der Waals surface area contributed by atoms with Crippen LogP contribution in [-0.4, -0.2) is 51.5 Å². The van der Waals surface area contributed by atoms with Crippen LogP contribution in [0.5, 0.6) is 0 Å². The van der Waals surface area contributed by atoms with Crippen LogP contribution in [0.1, 0.15) is 17.7 Å². The van der Waals surface area contributed by atoms with Crippen molar-refractivity contribution in [3.05, 3.63) is 30.2 Å². The molecule has 0 aromatic carbocycles. The molecule has 23 heavy (non-hydrogen) atoms. The Hall–Kier alpha value is -1.42. The molecular weight excluding hydrogens is 340 g/mol. The first kappa shape index (κ1) is 17.9. The Morgan fingerprint density at radius 2 is 2.04 bits per heavy atom. The molecule has 10 heteroatoms. The summed E-state index contributed by atoms with van der Waals surface area (Å²) >= 11 is 0. The Kier molecular flexibility index (Phi) is 5.14. The molecule has 8 nitrogen and oxygen atoms in total. The number of sulfonamides is 1. The third-order valence-corrected chi connectivity index (χ3v) is 5.79. The number of hydrogen-bond acceptors (Lipinski definition) is 5. The molecule has 1 saturated heterocycles. The topological polar surface area (TPSA) is 85.1 Å². The van der Waals surface area contributed by atoms with E-state index in [0.717, 1.165) is 5.82 Å². The fourth-order valence-corrected chi connectivity index (χ4v) is 4.28.